The van der Waals surface area contributed by atoms with Gasteiger partial charge >= 0.3 is 0 Å². The fourth-order valence-electron chi connectivity index (χ4n) is 1.54. The van der Waals surface area contributed by atoms with Crippen molar-refractivity contribution in [2.75, 3.05) is 20.6 Å². The highest BCUT2D eigenvalue weighted by Gasteiger charge is 2.06. The number of aliphatic imine (C=N–C) groups is 1. The second-order valence-corrected chi connectivity index (χ2v) is 3.61. The minimum atomic E-state index is 0.732. The topological polar surface area (TPSA) is 50.4 Å². The Labute approximate surface area is 97.1 Å². The predicted molar refractivity (Wildman–Crippen MR) is 70.5 cm³/mol. The third-order valence-corrected chi connectivity index (χ3v) is 2.54. The zero-order valence-electron chi connectivity index (χ0n) is 10.1. The summed E-state index contributed by atoms with van der Waals surface area (Å²) in [4.78, 5) is 4.24. The maximum absolute atomic E-state index is 6.12. The molecule has 0 radical (unpaired) electrons. The van der Waals surface area contributed by atoms with Crippen LogP contribution in [0.4, 0.5) is 0 Å². The lowest BCUT2D eigenvalue weighted by Gasteiger charge is -2.10. The molecule has 3 nitrogen and oxygen atoms in total. The molecule has 1 aromatic carbocycles. The highest BCUT2D eigenvalue weighted by molar-refractivity contribution is 6.06. The lowest BCUT2D eigenvalue weighted by molar-refractivity contribution is 0.942. The van der Waals surface area contributed by atoms with Gasteiger partial charge in [0.1, 0.15) is 0 Å². The summed E-state index contributed by atoms with van der Waals surface area (Å²) in [6.45, 7) is 2.73. The molecule has 0 bridgehead atoms. The molecule has 3 N–H and O–H groups in total. The standard InChI is InChI=1S/C13H19N3/c1-10(12(16-3)9-15-2)13(14)11-7-5-4-6-8-11/h4-8,15H,9,14H2,1-3H3. The normalized spacial score (nSPS) is 13.6. The Balaban J connectivity index is 3.05. The van der Waals surface area contributed by atoms with E-state index in [2.05, 4.69) is 10.3 Å². The van der Waals surface area contributed by atoms with E-state index >= 15 is 0 Å². The quantitative estimate of drug-likeness (QED) is 0.754. The largest absolute Gasteiger partial charge is 0.398 e. The van der Waals surface area contributed by atoms with Crippen molar-refractivity contribution >= 4 is 11.4 Å². The van der Waals surface area contributed by atoms with Gasteiger partial charge in [0.25, 0.3) is 0 Å². The monoisotopic (exact) mass is 217 g/mol. The predicted octanol–water partition coefficient (Wildman–Crippen LogP) is 1.67. The van der Waals surface area contributed by atoms with Crippen molar-refractivity contribution in [2.24, 2.45) is 10.7 Å². The van der Waals surface area contributed by atoms with Crippen LogP contribution in [0.2, 0.25) is 0 Å². The van der Waals surface area contributed by atoms with Gasteiger partial charge in [0.05, 0.1) is 5.71 Å². The first kappa shape index (κ1) is 12.5. The van der Waals surface area contributed by atoms with Crippen LogP contribution >= 0.6 is 0 Å². The van der Waals surface area contributed by atoms with E-state index in [0.717, 1.165) is 29.1 Å². The van der Waals surface area contributed by atoms with Crippen LogP contribution < -0.4 is 11.1 Å². The summed E-state index contributed by atoms with van der Waals surface area (Å²) in [5.74, 6) is 0. The minimum Gasteiger partial charge on any atom is -0.398 e. The van der Waals surface area contributed by atoms with Crippen LogP contribution in [0.3, 0.4) is 0 Å². The van der Waals surface area contributed by atoms with Crippen LogP contribution in [0.25, 0.3) is 5.70 Å². The maximum atomic E-state index is 6.12. The van der Waals surface area contributed by atoms with Gasteiger partial charge in [-0.2, -0.15) is 0 Å². The third-order valence-electron chi connectivity index (χ3n) is 2.54. The maximum Gasteiger partial charge on any atom is 0.0532 e. The number of nitrogens with zero attached hydrogens (tertiary/aromatic N) is 1. The summed E-state index contributed by atoms with van der Waals surface area (Å²) >= 11 is 0. The van der Waals surface area contributed by atoms with E-state index in [9.17, 15) is 0 Å². The first-order chi connectivity index (χ1) is 7.70. The molecule has 0 atom stereocenters. The molecule has 16 heavy (non-hydrogen) atoms. The van der Waals surface area contributed by atoms with Crippen molar-refractivity contribution in [3.8, 4) is 0 Å². The Kier molecular flexibility index (Phi) is 4.73. The van der Waals surface area contributed by atoms with E-state index in [0.29, 0.717) is 0 Å². The molecule has 1 rings (SSSR count). The van der Waals surface area contributed by atoms with Crippen molar-refractivity contribution in [1.29, 1.82) is 0 Å². The van der Waals surface area contributed by atoms with Gasteiger partial charge in [-0.1, -0.05) is 30.3 Å². The Morgan fingerprint density at radius 1 is 1.31 bits per heavy atom. The van der Waals surface area contributed by atoms with Gasteiger partial charge in [0.2, 0.25) is 0 Å². The molecule has 0 unspecified atom stereocenters. The molecule has 0 heterocycles. The molecule has 3 heteroatoms. The summed E-state index contributed by atoms with van der Waals surface area (Å²) in [6.07, 6.45) is 0. The van der Waals surface area contributed by atoms with E-state index in [4.69, 9.17) is 5.73 Å². The van der Waals surface area contributed by atoms with Gasteiger partial charge in [-0.05, 0) is 25.1 Å². The van der Waals surface area contributed by atoms with Crippen molar-refractivity contribution in [3.63, 3.8) is 0 Å². The zero-order valence-corrected chi connectivity index (χ0v) is 10.1. The van der Waals surface area contributed by atoms with Gasteiger partial charge in [0.15, 0.2) is 0 Å². The van der Waals surface area contributed by atoms with Crippen LogP contribution in [-0.2, 0) is 0 Å². The molecule has 0 aliphatic rings. The van der Waals surface area contributed by atoms with Crippen molar-refractivity contribution in [2.45, 2.75) is 6.92 Å². The number of benzene rings is 1. The second kappa shape index (κ2) is 6.08. The Bertz CT molecular complexity index is 391. The van der Waals surface area contributed by atoms with Crippen LogP contribution in [0.1, 0.15) is 12.5 Å². The molecule has 0 aliphatic heterocycles. The lowest BCUT2D eigenvalue weighted by atomic mass is 10.0. The molecule has 0 aromatic heterocycles. The highest BCUT2D eigenvalue weighted by atomic mass is 14.8. The average molecular weight is 217 g/mol. The van der Waals surface area contributed by atoms with E-state index in [1.54, 1.807) is 7.05 Å². The molecule has 1 aromatic rings. The van der Waals surface area contributed by atoms with Crippen LogP contribution in [0.5, 0.6) is 0 Å². The molecular formula is C13H19N3. The number of nitrogens with one attached hydrogen (secondary N) is 1. The fraction of sp³-hybridized carbons (Fsp3) is 0.308. The van der Waals surface area contributed by atoms with E-state index < -0.39 is 0 Å². The van der Waals surface area contributed by atoms with Gasteiger partial charge < -0.3 is 11.1 Å². The summed E-state index contributed by atoms with van der Waals surface area (Å²) < 4.78 is 0. The Morgan fingerprint density at radius 2 is 1.94 bits per heavy atom. The van der Waals surface area contributed by atoms with Gasteiger partial charge in [-0.25, -0.2) is 0 Å². The van der Waals surface area contributed by atoms with E-state index in [1.807, 2.05) is 44.3 Å². The fourth-order valence-corrected chi connectivity index (χ4v) is 1.54. The lowest BCUT2D eigenvalue weighted by Crippen LogP contribution is -2.21. The van der Waals surface area contributed by atoms with E-state index in [-0.39, 0.29) is 0 Å². The number of nitrogens with two attached hydrogens (primary N) is 1. The third kappa shape index (κ3) is 2.94. The first-order valence-electron chi connectivity index (χ1n) is 5.33. The van der Waals surface area contributed by atoms with Crippen LogP contribution in [0.15, 0.2) is 40.9 Å². The van der Waals surface area contributed by atoms with Gasteiger partial charge in [0, 0.05) is 19.3 Å². The number of hydrogen-bond donors (Lipinski definition) is 2. The average Bonchev–Trinajstić information content (AvgIpc) is 2.35. The molecule has 0 fully saturated rings. The van der Waals surface area contributed by atoms with Crippen molar-refractivity contribution < 1.29 is 0 Å². The summed E-state index contributed by atoms with van der Waals surface area (Å²) in [5, 5.41) is 3.09. The van der Waals surface area contributed by atoms with Crippen LogP contribution in [-0.4, -0.2) is 26.4 Å². The summed E-state index contributed by atoms with van der Waals surface area (Å²) in [5.41, 5.74) is 9.96. The van der Waals surface area contributed by atoms with Gasteiger partial charge in [-0.3, -0.25) is 4.99 Å². The highest BCUT2D eigenvalue weighted by Crippen LogP contribution is 2.13. The smallest absolute Gasteiger partial charge is 0.0532 e. The first-order valence-corrected chi connectivity index (χ1v) is 5.33. The molecule has 0 saturated heterocycles. The van der Waals surface area contributed by atoms with Crippen molar-refractivity contribution in [1.82, 2.24) is 5.32 Å². The molecule has 86 valence electrons. The number of rotatable bonds is 4. The molecule has 0 aliphatic carbocycles. The van der Waals surface area contributed by atoms with Crippen molar-refractivity contribution in [3.05, 3.63) is 41.5 Å². The Hall–Kier alpha value is -1.61. The minimum absolute atomic E-state index is 0.732. The van der Waals surface area contributed by atoms with Crippen LogP contribution in [0, 0.1) is 0 Å². The van der Waals surface area contributed by atoms with E-state index in [1.165, 1.54) is 0 Å². The zero-order chi connectivity index (χ0) is 12.0. The molecule has 0 saturated carbocycles. The molecule has 0 spiro atoms. The molecule has 0 amide bonds. The SMILES string of the molecule is CN=C(CNC)C(C)=C(N)c1ccccc1. The molecular weight excluding hydrogens is 198 g/mol. The second-order valence-electron chi connectivity index (χ2n) is 3.61. The van der Waals surface area contributed by atoms with Gasteiger partial charge in [-0.15, -0.1) is 0 Å². The summed E-state index contributed by atoms with van der Waals surface area (Å²) in [6, 6.07) is 9.96. The Morgan fingerprint density at radius 3 is 2.44 bits per heavy atom. The summed E-state index contributed by atoms with van der Waals surface area (Å²) in [7, 11) is 3.69. The number of hydrogen-bond acceptors (Lipinski definition) is 3.